The number of carbonyl (C=O) groups excluding carboxylic acids is 1. The number of rotatable bonds is 7. The van der Waals surface area contributed by atoms with Gasteiger partial charge in [-0.2, -0.15) is 0 Å². The third kappa shape index (κ3) is 4.62. The van der Waals surface area contributed by atoms with Crippen molar-refractivity contribution in [2.24, 2.45) is 5.92 Å². The van der Waals surface area contributed by atoms with Gasteiger partial charge in [-0.1, -0.05) is 11.6 Å². The largest absolute Gasteiger partial charge is 0.493 e. The Kier molecular flexibility index (Phi) is 5.64. The predicted molar refractivity (Wildman–Crippen MR) is 104 cm³/mol. The lowest BCUT2D eigenvalue weighted by Gasteiger charge is -2.34. The van der Waals surface area contributed by atoms with Gasteiger partial charge in [0.1, 0.15) is 5.75 Å². The molecule has 2 aromatic rings. The first-order valence-corrected chi connectivity index (χ1v) is 9.94. The number of aryl methyl sites for hydroxylation is 1. The van der Waals surface area contributed by atoms with Crippen LogP contribution in [0.2, 0.25) is 5.02 Å². The van der Waals surface area contributed by atoms with Crippen LogP contribution < -0.4 is 10.1 Å². The average Bonchev–Trinajstić information content (AvgIpc) is 3.28. The van der Waals surface area contributed by atoms with Gasteiger partial charge in [0.2, 0.25) is 5.91 Å². The maximum Gasteiger partial charge on any atom is 0.220 e. The van der Waals surface area contributed by atoms with Gasteiger partial charge in [-0.3, -0.25) is 9.69 Å². The van der Waals surface area contributed by atoms with Crippen LogP contribution >= 0.6 is 11.6 Å². The molecule has 2 aliphatic heterocycles. The van der Waals surface area contributed by atoms with E-state index in [1.807, 2.05) is 35.3 Å². The van der Waals surface area contributed by atoms with Crippen molar-refractivity contribution < 1.29 is 9.53 Å². The molecule has 7 heteroatoms. The first-order valence-electron chi connectivity index (χ1n) is 9.56. The molecule has 0 saturated carbocycles. The van der Waals surface area contributed by atoms with Crippen molar-refractivity contribution in [3.05, 3.63) is 47.5 Å². The van der Waals surface area contributed by atoms with Crippen molar-refractivity contribution in [2.45, 2.75) is 38.4 Å². The highest BCUT2D eigenvalue weighted by Gasteiger charge is 2.36. The summed E-state index contributed by atoms with van der Waals surface area (Å²) in [6.45, 7) is 4.22. The van der Waals surface area contributed by atoms with E-state index in [1.54, 1.807) is 6.20 Å². The molecule has 0 spiro atoms. The quantitative estimate of drug-likeness (QED) is 0.741. The Morgan fingerprint density at radius 2 is 2.30 bits per heavy atom. The van der Waals surface area contributed by atoms with Crippen LogP contribution in [-0.2, 0) is 17.9 Å². The third-order valence-electron chi connectivity index (χ3n) is 5.43. The van der Waals surface area contributed by atoms with E-state index in [9.17, 15) is 4.79 Å². The molecule has 0 unspecified atom stereocenters. The lowest BCUT2D eigenvalue weighted by Crippen LogP contribution is -2.46. The number of ether oxygens (including phenoxy) is 1. The molecule has 2 aliphatic rings. The van der Waals surface area contributed by atoms with E-state index >= 15 is 0 Å². The van der Waals surface area contributed by atoms with Crippen molar-refractivity contribution in [3.8, 4) is 5.75 Å². The Bertz CT molecular complexity index is 780. The number of piperidine rings is 1. The SMILES string of the molecule is O=C1C[C@H]2CCN(Cc3cc(Cl)ccc3OCCCn3ccnc3)C[C@H]2N1. The summed E-state index contributed by atoms with van der Waals surface area (Å²) in [5.41, 5.74) is 1.10. The van der Waals surface area contributed by atoms with Gasteiger partial charge in [-0.05, 0) is 43.5 Å². The molecular formula is C20H25ClN4O2. The number of likely N-dealkylation sites (tertiary alicyclic amines) is 1. The monoisotopic (exact) mass is 388 g/mol. The summed E-state index contributed by atoms with van der Waals surface area (Å²) in [6.07, 6.45) is 8.22. The summed E-state index contributed by atoms with van der Waals surface area (Å²) >= 11 is 6.23. The van der Waals surface area contributed by atoms with E-state index in [2.05, 4.69) is 15.2 Å². The fourth-order valence-electron chi connectivity index (χ4n) is 4.02. The second-order valence-corrected chi connectivity index (χ2v) is 7.85. The first kappa shape index (κ1) is 18.3. The summed E-state index contributed by atoms with van der Waals surface area (Å²) in [5.74, 6) is 1.58. The minimum Gasteiger partial charge on any atom is -0.493 e. The van der Waals surface area contributed by atoms with Crippen molar-refractivity contribution in [2.75, 3.05) is 19.7 Å². The molecule has 2 saturated heterocycles. The molecule has 0 aliphatic carbocycles. The van der Waals surface area contributed by atoms with Crippen LogP contribution in [0.5, 0.6) is 5.75 Å². The van der Waals surface area contributed by atoms with Crippen LogP contribution in [0.15, 0.2) is 36.9 Å². The maximum absolute atomic E-state index is 11.6. The van der Waals surface area contributed by atoms with Crippen molar-refractivity contribution in [3.63, 3.8) is 0 Å². The van der Waals surface area contributed by atoms with Gasteiger partial charge in [-0.15, -0.1) is 0 Å². The Morgan fingerprint density at radius 3 is 3.15 bits per heavy atom. The van der Waals surface area contributed by atoms with E-state index < -0.39 is 0 Å². The third-order valence-corrected chi connectivity index (χ3v) is 5.66. The van der Waals surface area contributed by atoms with E-state index in [-0.39, 0.29) is 11.9 Å². The Morgan fingerprint density at radius 1 is 1.37 bits per heavy atom. The number of hydrogen-bond acceptors (Lipinski definition) is 4. The zero-order valence-corrected chi connectivity index (χ0v) is 16.1. The van der Waals surface area contributed by atoms with E-state index in [0.717, 1.165) is 55.4 Å². The molecule has 1 N–H and O–H groups in total. The molecule has 4 rings (SSSR count). The predicted octanol–water partition coefficient (Wildman–Crippen LogP) is 2.72. The van der Waals surface area contributed by atoms with Gasteiger partial charge in [0.05, 0.1) is 12.9 Å². The van der Waals surface area contributed by atoms with Gasteiger partial charge in [0.15, 0.2) is 0 Å². The number of hydrogen-bond donors (Lipinski definition) is 1. The van der Waals surface area contributed by atoms with Crippen LogP contribution in [0.1, 0.15) is 24.8 Å². The number of carbonyl (C=O) groups is 1. The summed E-state index contributed by atoms with van der Waals surface area (Å²) in [7, 11) is 0. The van der Waals surface area contributed by atoms with Gasteiger partial charge < -0.3 is 14.6 Å². The smallest absolute Gasteiger partial charge is 0.220 e. The molecule has 144 valence electrons. The Labute approximate surface area is 164 Å². The van der Waals surface area contributed by atoms with Crippen LogP contribution in [0.25, 0.3) is 0 Å². The number of fused-ring (bicyclic) bond motifs is 1. The minimum absolute atomic E-state index is 0.191. The van der Waals surface area contributed by atoms with Crippen molar-refractivity contribution in [1.82, 2.24) is 19.8 Å². The van der Waals surface area contributed by atoms with Gasteiger partial charge in [0, 0.05) is 55.1 Å². The number of amides is 1. The van der Waals surface area contributed by atoms with Crippen LogP contribution in [0.3, 0.4) is 0 Å². The van der Waals surface area contributed by atoms with Crippen LogP contribution in [-0.4, -0.2) is 46.1 Å². The molecule has 2 fully saturated rings. The molecule has 1 aromatic carbocycles. The van der Waals surface area contributed by atoms with Gasteiger partial charge in [0.25, 0.3) is 0 Å². The zero-order valence-electron chi connectivity index (χ0n) is 15.3. The maximum atomic E-state index is 11.6. The number of nitrogens with zero attached hydrogens (tertiary/aromatic N) is 3. The minimum atomic E-state index is 0.191. The highest BCUT2D eigenvalue weighted by molar-refractivity contribution is 6.30. The molecule has 3 heterocycles. The number of halogens is 1. The highest BCUT2D eigenvalue weighted by atomic mass is 35.5. The van der Waals surface area contributed by atoms with Crippen molar-refractivity contribution >= 4 is 17.5 Å². The number of imidazole rings is 1. The molecule has 6 nitrogen and oxygen atoms in total. The second-order valence-electron chi connectivity index (χ2n) is 7.42. The zero-order chi connectivity index (χ0) is 18.6. The Balaban J connectivity index is 1.34. The standard InChI is InChI=1S/C20H25ClN4O2/c21-17-2-3-19(27-9-1-6-24-8-5-22-14-24)16(10-17)12-25-7-4-15-11-20(26)23-18(15)13-25/h2-3,5,8,10,14-15,18H,1,4,6-7,9,11-13H2,(H,23,26)/t15-,18-/m1/s1. The van der Waals surface area contributed by atoms with E-state index in [0.29, 0.717) is 18.9 Å². The number of nitrogens with one attached hydrogen (secondary N) is 1. The molecule has 0 radical (unpaired) electrons. The summed E-state index contributed by atoms with van der Waals surface area (Å²) in [4.78, 5) is 18.1. The molecule has 1 amide bonds. The van der Waals surface area contributed by atoms with Gasteiger partial charge in [-0.25, -0.2) is 4.98 Å². The highest BCUT2D eigenvalue weighted by Crippen LogP contribution is 2.29. The average molecular weight is 389 g/mol. The summed E-state index contributed by atoms with van der Waals surface area (Å²) in [6, 6.07) is 6.11. The first-order chi connectivity index (χ1) is 13.2. The second kappa shape index (κ2) is 8.31. The topological polar surface area (TPSA) is 59.4 Å². The van der Waals surface area contributed by atoms with Crippen LogP contribution in [0, 0.1) is 5.92 Å². The lowest BCUT2D eigenvalue weighted by molar-refractivity contribution is -0.119. The lowest BCUT2D eigenvalue weighted by atomic mass is 9.92. The van der Waals surface area contributed by atoms with E-state index in [4.69, 9.17) is 16.3 Å². The fraction of sp³-hybridized carbons (Fsp3) is 0.500. The van der Waals surface area contributed by atoms with Crippen molar-refractivity contribution in [1.29, 1.82) is 0 Å². The normalized spacial score (nSPS) is 22.5. The number of aromatic nitrogens is 2. The molecular weight excluding hydrogens is 364 g/mol. The van der Waals surface area contributed by atoms with E-state index in [1.165, 1.54) is 0 Å². The fourth-order valence-corrected chi connectivity index (χ4v) is 4.22. The van der Waals surface area contributed by atoms with Crippen LogP contribution in [0.4, 0.5) is 0 Å². The Hall–Kier alpha value is -2.05. The summed E-state index contributed by atoms with van der Waals surface area (Å²) in [5, 5.41) is 3.83. The molecule has 1 aromatic heterocycles. The van der Waals surface area contributed by atoms with Gasteiger partial charge >= 0.3 is 0 Å². The molecule has 2 atom stereocenters. The number of benzene rings is 1. The molecule has 0 bridgehead atoms. The summed E-state index contributed by atoms with van der Waals surface area (Å²) < 4.78 is 8.09. The molecule has 27 heavy (non-hydrogen) atoms.